The molecule has 184 valence electrons. The number of aromatic nitrogens is 1. The number of hydrogen-bond acceptors (Lipinski definition) is 5. The molecule has 2 aromatic carbocycles. The second kappa shape index (κ2) is 11.9. The van der Waals surface area contributed by atoms with Crippen LogP contribution in [0.4, 0.5) is 8.78 Å². The van der Waals surface area contributed by atoms with Crippen molar-refractivity contribution in [1.29, 1.82) is 0 Å². The molecule has 35 heavy (non-hydrogen) atoms. The number of likely N-dealkylation sites (N-methyl/N-ethyl adjacent to an activating group) is 1. The molecule has 3 aromatic rings. The summed E-state index contributed by atoms with van der Waals surface area (Å²) in [6, 6.07) is 14.5. The smallest absolute Gasteiger partial charge is 0.224 e. The number of carbonyl (C=O) groups is 1. The van der Waals surface area contributed by atoms with E-state index >= 15 is 0 Å². The van der Waals surface area contributed by atoms with Crippen LogP contribution in [0.2, 0.25) is 0 Å². The molecule has 0 saturated carbocycles. The Labute approximate surface area is 204 Å². The lowest BCUT2D eigenvalue weighted by molar-refractivity contribution is -0.120. The third-order valence-electron chi connectivity index (χ3n) is 6.09. The van der Waals surface area contributed by atoms with E-state index < -0.39 is 5.82 Å². The topological polar surface area (TPSA) is 57.7 Å². The summed E-state index contributed by atoms with van der Waals surface area (Å²) in [6.07, 6.45) is 1.65. The van der Waals surface area contributed by atoms with Gasteiger partial charge in [-0.3, -0.25) is 9.69 Å². The normalized spacial score (nSPS) is 14.6. The molecule has 0 unspecified atom stereocenters. The van der Waals surface area contributed by atoms with Crippen LogP contribution in [0.1, 0.15) is 11.1 Å². The summed E-state index contributed by atoms with van der Waals surface area (Å²) in [5.41, 5.74) is 2.53. The molecule has 1 fully saturated rings. The van der Waals surface area contributed by atoms with E-state index in [1.807, 2.05) is 0 Å². The first-order chi connectivity index (χ1) is 17.0. The first kappa shape index (κ1) is 24.8. The Morgan fingerprint density at radius 2 is 1.80 bits per heavy atom. The van der Waals surface area contributed by atoms with E-state index in [9.17, 15) is 13.6 Å². The second-order valence-electron chi connectivity index (χ2n) is 8.78. The van der Waals surface area contributed by atoms with Crippen molar-refractivity contribution in [2.24, 2.45) is 0 Å². The van der Waals surface area contributed by atoms with Crippen LogP contribution in [0.25, 0.3) is 11.1 Å². The van der Waals surface area contributed by atoms with Gasteiger partial charge in [0.25, 0.3) is 0 Å². The maximum absolute atomic E-state index is 14.7. The van der Waals surface area contributed by atoms with Crippen LogP contribution in [0, 0.1) is 11.6 Å². The molecule has 1 N–H and O–H groups in total. The summed E-state index contributed by atoms with van der Waals surface area (Å²) < 4.78 is 33.6. The molecule has 1 aliphatic heterocycles. The molecule has 1 aliphatic rings. The fourth-order valence-corrected chi connectivity index (χ4v) is 3.95. The molecule has 0 spiro atoms. The van der Waals surface area contributed by atoms with Crippen molar-refractivity contribution in [3.8, 4) is 17.0 Å². The quantitative estimate of drug-likeness (QED) is 0.508. The summed E-state index contributed by atoms with van der Waals surface area (Å²) in [7, 11) is 2.11. The number of halogens is 2. The van der Waals surface area contributed by atoms with Gasteiger partial charge in [0.1, 0.15) is 18.2 Å². The molecule has 2 heterocycles. The van der Waals surface area contributed by atoms with Gasteiger partial charge in [-0.25, -0.2) is 13.8 Å². The minimum Gasteiger partial charge on any atom is -0.476 e. The van der Waals surface area contributed by atoms with Crippen molar-refractivity contribution < 1.29 is 18.3 Å². The number of piperazine rings is 1. The van der Waals surface area contributed by atoms with Gasteiger partial charge in [-0.1, -0.05) is 36.4 Å². The van der Waals surface area contributed by atoms with Crippen LogP contribution < -0.4 is 10.1 Å². The summed E-state index contributed by atoms with van der Waals surface area (Å²) in [6.45, 7) is 5.60. The summed E-state index contributed by atoms with van der Waals surface area (Å²) in [5.74, 6) is -0.644. The predicted octanol–water partition coefficient (Wildman–Crippen LogP) is 3.51. The van der Waals surface area contributed by atoms with Crippen molar-refractivity contribution in [1.82, 2.24) is 20.1 Å². The van der Waals surface area contributed by atoms with Gasteiger partial charge in [-0.05, 0) is 35.9 Å². The van der Waals surface area contributed by atoms with Crippen molar-refractivity contribution in [3.05, 3.63) is 83.6 Å². The number of amides is 1. The highest BCUT2D eigenvalue weighted by Gasteiger charge is 2.14. The van der Waals surface area contributed by atoms with Crippen molar-refractivity contribution in [2.75, 3.05) is 46.4 Å². The summed E-state index contributed by atoms with van der Waals surface area (Å²) >= 11 is 0. The molecule has 0 bridgehead atoms. The molecule has 0 aliphatic carbocycles. The minimum absolute atomic E-state index is 0.173. The fourth-order valence-electron chi connectivity index (χ4n) is 3.95. The molecule has 6 nitrogen and oxygen atoms in total. The molecule has 8 heteroatoms. The Morgan fingerprint density at radius 1 is 1.03 bits per heavy atom. The van der Waals surface area contributed by atoms with Crippen LogP contribution in [-0.2, 0) is 17.8 Å². The highest BCUT2D eigenvalue weighted by atomic mass is 19.1. The monoisotopic (exact) mass is 480 g/mol. The SMILES string of the molecule is CN1CCN(CCOc2cc(F)c(-c3ccc(CC(=O)NCc4cccc(F)c4)cc3)cn2)CC1. The number of benzene rings is 2. The van der Waals surface area contributed by atoms with Crippen LogP contribution >= 0.6 is 0 Å². The maximum Gasteiger partial charge on any atom is 0.224 e. The molecule has 1 amide bonds. The minimum atomic E-state index is -0.407. The first-order valence-corrected chi connectivity index (χ1v) is 11.8. The lowest BCUT2D eigenvalue weighted by Gasteiger charge is -2.32. The molecule has 0 radical (unpaired) electrons. The Kier molecular flexibility index (Phi) is 8.39. The van der Waals surface area contributed by atoms with Crippen molar-refractivity contribution >= 4 is 5.91 Å². The number of hydrogen-bond donors (Lipinski definition) is 1. The van der Waals surface area contributed by atoms with Gasteiger partial charge in [0.15, 0.2) is 0 Å². The van der Waals surface area contributed by atoms with Gasteiger partial charge in [-0.15, -0.1) is 0 Å². The van der Waals surface area contributed by atoms with E-state index in [0.717, 1.165) is 38.3 Å². The molecule has 0 atom stereocenters. The fraction of sp³-hybridized carbons (Fsp3) is 0.333. The first-order valence-electron chi connectivity index (χ1n) is 11.8. The average molecular weight is 481 g/mol. The highest BCUT2D eigenvalue weighted by Crippen LogP contribution is 2.25. The molecule has 1 aromatic heterocycles. The van der Waals surface area contributed by atoms with Crippen molar-refractivity contribution in [2.45, 2.75) is 13.0 Å². The van der Waals surface area contributed by atoms with Crippen molar-refractivity contribution in [3.63, 3.8) is 0 Å². The number of carbonyl (C=O) groups excluding carboxylic acids is 1. The van der Waals surface area contributed by atoms with Gasteiger partial charge < -0.3 is 15.0 Å². The number of nitrogens with one attached hydrogen (secondary N) is 1. The van der Waals surface area contributed by atoms with Gasteiger partial charge in [-0.2, -0.15) is 0 Å². The average Bonchev–Trinajstić information content (AvgIpc) is 2.85. The zero-order valence-corrected chi connectivity index (χ0v) is 19.8. The van der Waals surface area contributed by atoms with Gasteiger partial charge in [0.2, 0.25) is 11.8 Å². The Bertz CT molecular complexity index is 1130. The standard InChI is InChI=1S/C27H30F2N4O2/c1-32-9-11-33(12-10-32)13-14-35-27-17-25(29)24(19-31-27)22-7-5-20(6-8-22)16-26(34)30-18-21-3-2-4-23(28)15-21/h2-8,15,17,19H,9-14,16,18H2,1H3,(H,30,34). The Morgan fingerprint density at radius 3 is 2.51 bits per heavy atom. The van der Waals surface area contributed by atoms with E-state index in [1.54, 1.807) is 36.4 Å². The predicted molar refractivity (Wildman–Crippen MR) is 131 cm³/mol. The van der Waals surface area contributed by atoms with Crippen LogP contribution in [0.5, 0.6) is 5.88 Å². The van der Waals surface area contributed by atoms with E-state index in [-0.39, 0.29) is 30.6 Å². The Hall–Kier alpha value is -3.36. The highest BCUT2D eigenvalue weighted by molar-refractivity contribution is 5.78. The lowest BCUT2D eigenvalue weighted by atomic mass is 10.0. The van der Waals surface area contributed by atoms with Gasteiger partial charge in [0, 0.05) is 57.1 Å². The number of nitrogens with zero attached hydrogens (tertiary/aromatic N) is 3. The number of pyridine rings is 1. The maximum atomic E-state index is 14.7. The third-order valence-corrected chi connectivity index (χ3v) is 6.09. The zero-order chi connectivity index (χ0) is 24.6. The lowest BCUT2D eigenvalue weighted by Crippen LogP contribution is -2.45. The zero-order valence-electron chi connectivity index (χ0n) is 19.8. The molecular formula is C27H30F2N4O2. The molecule has 1 saturated heterocycles. The van der Waals surface area contributed by atoms with E-state index in [1.165, 1.54) is 24.4 Å². The van der Waals surface area contributed by atoms with Crippen LogP contribution in [0.3, 0.4) is 0 Å². The summed E-state index contributed by atoms with van der Waals surface area (Å²) in [5, 5.41) is 2.78. The van der Waals surface area contributed by atoms with Crippen LogP contribution in [-0.4, -0.2) is 67.1 Å². The van der Waals surface area contributed by atoms with Crippen LogP contribution in [0.15, 0.2) is 60.8 Å². The van der Waals surface area contributed by atoms with Gasteiger partial charge in [0.05, 0.1) is 6.42 Å². The third kappa shape index (κ3) is 7.31. The number of rotatable bonds is 9. The molecule has 4 rings (SSSR count). The van der Waals surface area contributed by atoms with E-state index in [2.05, 4.69) is 27.1 Å². The largest absolute Gasteiger partial charge is 0.476 e. The van der Waals surface area contributed by atoms with E-state index in [4.69, 9.17) is 4.74 Å². The number of ether oxygens (including phenoxy) is 1. The van der Waals surface area contributed by atoms with E-state index in [0.29, 0.717) is 23.3 Å². The van der Waals surface area contributed by atoms with Gasteiger partial charge >= 0.3 is 0 Å². The second-order valence-corrected chi connectivity index (χ2v) is 8.78. The Balaban J connectivity index is 1.26. The molecular weight excluding hydrogens is 450 g/mol. The summed E-state index contributed by atoms with van der Waals surface area (Å²) in [4.78, 5) is 21.1.